The van der Waals surface area contributed by atoms with Crippen molar-refractivity contribution in [2.24, 2.45) is 7.05 Å². The Kier molecular flexibility index (Phi) is 4.62. The molecule has 0 bridgehead atoms. The molecule has 0 spiro atoms. The predicted octanol–water partition coefficient (Wildman–Crippen LogP) is 2.08. The Morgan fingerprint density at radius 2 is 2.19 bits per heavy atom. The predicted molar refractivity (Wildman–Crippen MR) is 100 cm³/mol. The topological polar surface area (TPSA) is 77.6 Å². The van der Waals surface area contributed by atoms with Crippen LogP contribution in [0.25, 0.3) is 16.8 Å². The lowest BCUT2D eigenvalue weighted by Gasteiger charge is -2.19. The van der Waals surface area contributed by atoms with E-state index in [1.165, 1.54) is 6.08 Å². The number of ether oxygens (including phenoxy) is 1. The average Bonchev–Trinajstić information content (AvgIpc) is 3.26. The summed E-state index contributed by atoms with van der Waals surface area (Å²) in [5, 5.41) is 8.55. The number of aromatic nitrogens is 5. The Morgan fingerprint density at radius 3 is 2.96 bits per heavy atom. The molecule has 1 atom stereocenters. The van der Waals surface area contributed by atoms with Crippen LogP contribution in [0.4, 0.5) is 0 Å². The van der Waals surface area contributed by atoms with Gasteiger partial charge in [-0.3, -0.25) is 9.48 Å². The quantitative estimate of drug-likeness (QED) is 0.661. The summed E-state index contributed by atoms with van der Waals surface area (Å²) in [5.74, 6) is 0.535. The molecule has 0 radical (unpaired) electrons. The van der Waals surface area contributed by atoms with E-state index in [-0.39, 0.29) is 12.0 Å². The normalized spacial score (nSPS) is 17.7. The Morgan fingerprint density at radius 1 is 1.30 bits per heavy atom. The van der Waals surface area contributed by atoms with Crippen LogP contribution in [0.3, 0.4) is 0 Å². The van der Waals surface area contributed by atoms with E-state index in [2.05, 4.69) is 16.8 Å². The average molecular weight is 366 g/mol. The van der Waals surface area contributed by atoms with Crippen LogP contribution < -0.4 is 4.74 Å². The summed E-state index contributed by atoms with van der Waals surface area (Å²) < 4.78 is 9.78. The molecule has 0 aromatic carbocycles. The highest BCUT2D eigenvalue weighted by Crippen LogP contribution is 2.26. The van der Waals surface area contributed by atoms with Gasteiger partial charge in [-0.25, -0.2) is 9.50 Å². The largest absolute Gasteiger partial charge is 0.473 e. The third-order valence-corrected chi connectivity index (χ3v) is 4.80. The van der Waals surface area contributed by atoms with E-state index in [0.29, 0.717) is 12.4 Å². The highest BCUT2D eigenvalue weighted by molar-refractivity contribution is 5.87. The van der Waals surface area contributed by atoms with Crippen LogP contribution in [0.15, 0.2) is 43.5 Å². The number of amides is 1. The summed E-state index contributed by atoms with van der Waals surface area (Å²) in [6, 6.07) is 1.89. The number of hydrogen-bond acceptors (Lipinski definition) is 5. The molecular formula is C19H22N6O2. The molecule has 4 heterocycles. The lowest BCUT2D eigenvalue weighted by Crippen LogP contribution is -2.30. The molecule has 1 saturated heterocycles. The van der Waals surface area contributed by atoms with E-state index in [9.17, 15) is 4.79 Å². The van der Waals surface area contributed by atoms with Crippen LogP contribution >= 0.6 is 0 Å². The summed E-state index contributed by atoms with van der Waals surface area (Å²) in [5.41, 5.74) is 2.49. The van der Waals surface area contributed by atoms with Gasteiger partial charge in [0.1, 0.15) is 11.6 Å². The number of carbonyl (C=O) groups excluding carboxylic acids is 1. The smallest absolute Gasteiger partial charge is 0.245 e. The third kappa shape index (κ3) is 3.55. The first-order valence-electron chi connectivity index (χ1n) is 9.05. The highest BCUT2D eigenvalue weighted by Gasteiger charge is 2.22. The van der Waals surface area contributed by atoms with Gasteiger partial charge in [0.2, 0.25) is 11.8 Å². The maximum atomic E-state index is 11.9. The van der Waals surface area contributed by atoms with Gasteiger partial charge >= 0.3 is 0 Å². The molecule has 27 heavy (non-hydrogen) atoms. The molecule has 3 aromatic heterocycles. The zero-order valence-electron chi connectivity index (χ0n) is 15.3. The van der Waals surface area contributed by atoms with E-state index in [1.807, 2.05) is 30.4 Å². The molecule has 0 N–H and O–H groups in total. The summed E-state index contributed by atoms with van der Waals surface area (Å²) in [6.07, 6.45) is 11.2. The van der Waals surface area contributed by atoms with Crippen molar-refractivity contribution in [3.8, 4) is 17.1 Å². The minimum absolute atomic E-state index is 0.00274. The van der Waals surface area contributed by atoms with Gasteiger partial charge in [-0.1, -0.05) is 6.58 Å². The van der Waals surface area contributed by atoms with Gasteiger partial charge in [0.05, 0.1) is 24.3 Å². The Labute approximate surface area is 157 Å². The van der Waals surface area contributed by atoms with Gasteiger partial charge in [-0.15, -0.1) is 0 Å². The molecule has 0 aliphatic carbocycles. The molecule has 8 nitrogen and oxygen atoms in total. The second-order valence-corrected chi connectivity index (χ2v) is 6.70. The molecule has 4 rings (SSSR count). The van der Waals surface area contributed by atoms with Crippen molar-refractivity contribution in [2.75, 3.05) is 13.1 Å². The SMILES string of the molecule is C=CC(=O)N1CCC[C@H](Oc2nc(-c3cnn(C)c3)cn3nccc23)CC1. The minimum atomic E-state index is -0.0227. The Hall–Kier alpha value is -3.16. The summed E-state index contributed by atoms with van der Waals surface area (Å²) in [6.45, 7) is 4.96. The lowest BCUT2D eigenvalue weighted by atomic mass is 10.1. The van der Waals surface area contributed by atoms with E-state index >= 15 is 0 Å². The third-order valence-electron chi connectivity index (χ3n) is 4.80. The lowest BCUT2D eigenvalue weighted by molar-refractivity contribution is -0.126. The van der Waals surface area contributed by atoms with E-state index in [0.717, 1.165) is 42.6 Å². The van der Waals surface area contributed by atoms with Crippen molar-refractivity contribution in [2.45, 2.75) is 25.4 Å². The first-order valence-corrected chi connectivity index (χ1v) is 9.05. The Balaban J connectivity index is 1.59. The fourth-order valence-corrected chi connectivity index (χ4v) is 3.37. The number of likely N-dealkylation sites (tertiary alicyclic amines) is 1. The van der Waals surface area contributed by atoms with Crippen LogP contribution in [-0.2, 0) is 11.8 Å². The zero-order chi connectivity index (χ0) is 18.8. The van der Waals surface area contributed by atoms with Gasteiger partial charge in [-0.2, -0.15) is 10.2 Å². The van der Waals surface area contributed by atoms with E-state index in [1.54, 1.807) is 21.6 Å². The first-order chi connectivity index (χ1) is 13.1. The molecule has 1 aliphatic heterocycles. The fraction of sp³-hybridized carbons (Fsp3) is 0.368. The second-order valence-electron chi connectivity index (χ2n) is 6.70. The highest BCUT2D eigenvalue weighted by atomic mass is 16.5. The van der Waals surface area contributed by atoms with Crippen molar-refractivity contribution < 1.29 is 9.53 Å². The monoisotopic (exact) mass is 366 g/mol. The van der Waals surface area contributed by atoms with Crippen molar-refractivity contribution in [3.63, 3.8) is 0 Å². The van der Waals surface area contributed by atoms with E-state index < -0.39 is 0 Å². The van der Waals surface area contributed by atoms with Crippen molar-refractivity contribution in [3.05, 3.63) is 43.5 Å². The number of carbonyl (C=O) groups is 1. The number of nitrogens with zero attached hydrogens (tertiary/aromatic N) is 6. The fourth-order valence-electron chi connectivity index (χ4n) is 3.37. The zero-order valence-corrected chi connectivity index (χ0v) is 15.3. The van der Waals surface area contributed by atoms with Crippen molar-refractivity contribution in [1.29, 1.82) is 0 Å². The maximum Gasteiger partial charge on any atom is 0.245 e. The van der Waals surface area contributed by atoms with Crippen LogP contribution in [0, 0.1) is 0 Å². The standard InChI is InChI=1S/C19H22N6O2/c1-3-18(26)24-9-4-5-15(7-10-24)27-19-17-6-8-20-25(17)13-16(22-19)14-11-21-23(2)12-14/h3,6,8,11-13,15H,1,4-5,7,9-10H2,2H3/t15-/m0/s1. The van der Waals surface area contributed by atoms with Gasteiger partial charge in [-0.05, 0) is 25.0 Å². The molecule has 8 heteroatoms. The molecular weight excluding hydrogens is 344 g/mol. The van der Waals surface area contributed by atoms with Gasteiger partial charge < -0.3 is 9.64 Å². The number of fused-ring (bicyclic) bond motifs is 1. The molecule has 0 saturated carbocycles. The number of rotatable bonds is 4. The number of hydrogen-bond donors (Lipinski definition) is 0. The molecule has 1 fully saturated rings. The molecule has 140 valence electrons. The summed E-state index contributed by atoms with van der Waals surface area (Å²) in [7, 11) is 1.87. The van der Waals surface area contributed by atoms with Crippen LogP contribution in [0.2, 0.25) is 0 Å². The van der Waals surface area contributed by atoms with Crippen molar-refractivity contribution in [1.82, 2.24) is 29.3 Å². The summed E-state index contributed by atoms with van der Waals surface area (Å²) >= 11 is 0. The molecule has 1 amide bonds. The molecule has 3 aromatic rings. The van der Waals surface area contributed by atoms with E-state index in [4.69, 9.17) is 9.72 Å². The second kappa shape index (κ2) is 7.22. The van der Waals surface area contributed by atoms with Gasteiger partial charge in [0, 0.05) is 38.3 Å². The van der Waals surface area contributed by atoms with Crippen molar-refractivity contribution >= 4 is 11.4 Å². The van der Waals surface area contributed by atoms with Crippen LogP contribution in [0.5, 0.6) is 5.88 Å². The molecule has 0 unspecified atom stereocenters. The van der Waals surface area contributed by atoms with Crippen LogP contribution in [0.1, 0.15) is 19.3 Å². The molecule has 1 aliphatic rings. The van der Waals surface area contributed by atoms with Gasteiger partial charge in [0.15, 0.2) is 0 Å². The van der Waals surface area contributed by atoms with Gasteiger partial charge in [0.25, 0.3) is 0 Å². The van der Waals surface area contributed by atoms with Crippen LogP contribution in [-0.4, -0.2) is 54.4 Å². The maximum absolute atomic E-state index is 11.9. The summed E-state index contributed by atoms with van der Waals surface area (Å²) in [4.78, 5) is 18.4. The first kappa shape index (κ1) is 17.3. The number of aryl methyl sites for hydroxylation is 1. The minimum Gasteiger partial charge on any atom is -0.473 e. The Bertz CT molecular complexity index is 976.